The fraction of sp³-hybridized carbons (Fsp3) is 0.250. The third kappa shape index (κ3) is 4.77. The molecular formula is C20H20F2N4O2. The van der Waals surface area contributed by atoms with Crippen LogP contribution in [0, 0.1) is 6.92 Å². The van der Waals surface area contributed by atoms with Crippen molar-refractivity contribution >= 4 is 11.6 Å². The third-order valence-electron chi connectivity index (χ3n) is 4.29. The second kappa shape index (κ2) is 8.26. The van der Waals surface area contributed by atoms with E-state index in [-0.39, 0.29) is 12.5 Å². The first-order valence-corrected chi connectivity index (χ1v) is 8.74. The minimum atomic E-state index is -3.15. The summed E-state index contributed by atoms with van der Waals surface area (Å²) in [5, 5.41) is 19.3. The van der Waals surface area contributed by atoms with Crippen LogP contribution in [-0.2, 0) is 6.54 Å². The average molecular weight is 386 g/mol. The number of aromatic nitrogens is 3. The van der Waals surface area contributed by atoms with Gasteiger partial charge in [-0.1, -0.05) is 35.5 Å². The van der Waals surface area contributed by atoms with E-state index in [1.165, 1.54) is 10.9 Å². The topological polar surface area (TPSA) is 80.0 Å². The summed E-state index contributed by atoms with van der Waals surface area (Å²) in [7, 11) is 0. The molecule has 28 heavy (non-hydrogen) atoms. The van der Waals surface area contributed by atoms with Crippen LogP contribution < -0.4 is 5.32 Å². The molecule has 146 valence electrons. The number of aliphatic hydroxyl groups is 1. The van der Waals surface area contributed by atoms with E-state index < -0.39 is 19.0 Å². The molecule has 0 fully saturated rings. The number of hydrogen-bond acceptors (Lipinski definition) is 4. The zero-order valence-corrected chi connectivity index (χ0v) is 15.3. The van der Waals surface area contributed by atoms with Crippen LogP contribution in [-0.4, -0.2) is 38.5 Å². The molecule has 0 saturated carbocycles. The van der Waals surface area contributed by atoms with Gasteiger partial charge in [0, 0.05) is 29.8 Å². The van der Waals surface area contributed by atoms with Gasteiger partial charge >= 0.3 is 0 Å². The molecule has 1 heterocycles. The number of aliphatic hydroxyl groups excluding tert-OH is 1. The minimum Gasteiger partial charge on any atom is -0.390 e. The molecule has 0 aliphatic heterocycles. The Morgan fingerprint density at radius 1 is 1.21 bits per heavy atom. The first-order valence-electron chi connectivity index (χ1n) is 8.74. The summed E-state index contributed by atoms with van der Waals surface area (Å²) in [6, 6.07) is 14.4. The van der Waals surface area contributed by atoms with E-state index in [0.717, 1.165) is 5.56 Å². The smallest absolute Gasteiger partial charge is 0.272 e. The average Bonchev–Trinajstić information content (AvgIpc) is 3.17. The maximum atomic E-state index is 13.2. The summed E-state index contributed by atoms with van der Waals surface area (Å²) in [6.45, 7) is 0.553. The Labute approximate surface area is 160 Å². The summed E-state index contributed by atoms with van der Waals surface area (Å²) in [6.07, 6.45) is 1.00. The van der Waals surface area contributed by atoms with Crippen molar-refractivity contribution in [3.63, 3.8) is 0 Å². The van der Waals surface area contributed by atoms with Gasteiger partial charge in [-0.05, 0) is 30.7 Å². The zero-order chi connectivity index (χ0) is 20.1. The monoisotopic (exact) mass is 386 g/mol. The van der Waals surface area contributed by atoms with Crippen molar-refractivity contribution in [2.75, 3.05) is 11.9 Å². The number of halogens is 2. The first-order chi connectivity index (χ1) is 13.4. The van der Waals surface area contributed by atoms with Crippen molar-refractivity contribution in [3.8, 4) is 11.3 Å². The van der Waals surface area contributed by atoms with Gasteiger partial charge in [-0.2, -0.15) is 0 Å². The van der Waals surface area contributed by atoms with Gasteiger partial charge in [0.15, 0.2) is 0 Å². The van der Waals surface area contributed by atoms with Gasteiger partial charge in [-0.3, -0.25) is 9.48 Å². The fourth-order valence-corrected chi connectivity index (χ4v) is 2.64. The highest BCUT2D eigenvalue weighted by atomic mass is 19.3. The quantitative estimate of drug-likeness (QED) is 0.651. The molecule has 1 aromatic heterocycles. The Hall–Kier alpha value is -3.13. The standard InChI is InChI=1S/C20H20F2N4O2/c1-14-7-8-15(11-17(14)19(28)23-16-5-3-2-4-6-16)18-12-26(25-24-18)10-9-20(21,22)13-27/h2-8,11-12,27H,9-10,13H2,1H3,(H,23,28). The van der Waals surface area contributed by atoms with E-state index in [1.54, 1.807) is 30.3 Å². The van der Waals surface area contributed by atoms with Crippen LogP contribution in [0.5, 0.6) is 0 Å². The molecule has 0 aliphatic rings. The lowest BCUT2D eigenvalue weighted by atomic mass is 10.0. The summed E-state index contributed by atoms with van der Waals surface area (Å²) in [4.78, 5) is 12.6. The molecule has 1 amide bonds. The van der Waals surface area contributed by atoms with E-state index in [4.69, 9.17) is 5.11 Å². The van der Waals surface area contributed by atoms with Crippen LogP contribution in [0.4, 0.5) is 14.5 Å². The van der Waals surface area contributed by atoms with Gasteiger partial charge in [0.2, 0.25) is 0 Å². The molecule has 3 aromatic rings. The molecule has 2 N–H and O–H groups in total. The highest BCUT2D eigenvalue weighted by Gasteiger charge is 2.27. The maximum absolute atomic E-state index is 13.2. The van der Waals surface area contributed by atoms with E-state index in [1.807, 2.05) is 25.1 Å². The van der Waals surface area contributed by atoms with Crippen molar-refractivity contribution < 1.29 is 18.7 Å². The number of para-hydroxylation sites is 1. The van der Waals surface area contributed by atoms with Crippen LogP contribution in [0.15, 0.2) is 54.7 Å². The molecular weight excluding hydrogens is 366 g/mol. The number of nitrogens with zero attached hydrogens (tertiary/aromatic N) is 3. The zero-order valence-electron chi connectivity index (χ0n) is 15.3. The largest absolute Gasteiger partial charge is 0.390 e. The van der Waals surface area contributed by atoms with Gasteiger partial charge in [-0.15, -0.1) is 5.10 Å². The summed E-state index contributed by atoms with van der Waals surface area (Å²) >= 11 is 0. The van der Waals surface area contributed by atoms with Gasteiger partial charge < -0.3 is 10.4 Å². The molecule has 0 aliphatic carbocycles. The maximum Gasteiger partial charge on any atom is 0.272 e. The number of alkyl halides is 2. The Morgan fingerprint density at radius 2 is 1.96 bits per heavy atom. The van der Waals surface area contributed by atoms with E-state index in [0.29, 0.717) is 22.5 Å². The van der Waals surface area contributed by atoms with Gasteiger partial charge in [-0.25, -0.2) is 8.78 Å². The van der Waals surface area contributed by atoms with Crippen LogP contribution in [0.25, 0.3) is 11.3 Å². The predicted molar refractivity (Wildman–Crippen MR) is 101 cm³/mol. The Morgan fingerprint density at radius 3 is 2.68 bits per heavy atom. The van der Waals surface area contributed by atoms with Crippen LogP contribution >= 0.6 is 0 Å². The molecule has 3 rings (SSSR count). The van der Waals surface area contributed by atoms with Crippen LogP contribution in [0.1, 0.15) is 22.3 Å². The number of benzene rings is 2. The number of carbonyl (C=O) groups is 1. The van der Waals surface area contributed by atoms with E-state index in [2.05, 4.69) is 15.6 Å². The SMILES string of the molecule is Cc1ccc(-c2cn(CCC(F)(F)CO)nn2)cc1C(=O)Nc1ccccc1. The molecule has 0 spiro atoms. The molecule has 0 atom stereocenters. The first kappa shape index (κ1) is 19.6. The second-order valence-corrected chi connectivity index (χ2v) is 6.48. The molecule has 2 aromatic carbocycles. The molecule has 0 unspecified atom stereocenters. The minimum absolute atomic E-state index is 0.0756. The lowest BCUT2D eigenvalue weighted by Crippen LogP contribution is -2.23. The van der Waals surface area contributed by atoms with Crippen molar-refractivity contribution in [3.05, 3.63) is 65.9 Å². The summed E-state index contributed by atoms with van der Waals surface area (Å²) in [5.41, 5.74) is 3.10. The number of nitrogens with one attached hydrogen (secondary N) is 1. The van der Waals surface area contributed by atoms with Crippen LogP contribution in [0.3, 0.4) is 0 Å². The lowest BCUT2D eigenvalue weighted by Gasteiger charge is -2.11. The lowest BCUT2D eigenvalue weighted by molar-refractivity contribution is -0.0596. The highest BCUT2D eigenvalue weighted by molar-refractivity contribution is 6.05. The molecule has 8 heteroatoms. The predicted octanol–water partition coefficient (Wildman–Crippen LogP) is 3.52. The normalized spacial score (nSPS) is 11.4. The van der Waals surface area contributed by atoms with Crippen molar-refractivity contribution in [2.45, 2.75) is 25.8 Å². The Bertz CT molecular complexity index is 958. The number of rotatable bonds is 7. The van der Waals surface area contributed by atoms with E-state index >= 15 is 0 Å². The molecule has 6 nitrogen and oxygen atoms in total. The molecule has 0 bridgehead atoms. The number of amides is 1. The Kier molecular flexibility index (Phi) is 5.79. The van der Waals surface area contributed by atoms with E-state index in [9.17, 15) is 13.6 Å². The second-order valence-electron chi connectivity index (χ2n) is 6.48. The van der Waals surface area contributed by atoms with Gasteiger partial charge in [0.05, 0.1) is 6.20 Å². The number of carbonyl (C=O) groups excluding carboxylic acids is 1. The third-order valence-corrected chi connectivity index (χ3v) is 4.29. The highest BCUT2D eigenvalue weighted by Crippen LogP contribution is 2.23. The van der Waals surface area contributed by atoms with Crippen LogP contribution in [0.2, 0.25) is 0 Å². The van der Waals surface area contributed by atoms with Crippen molar-refractivity contribution in [1.82, 2.24) is 15.0 Å². The van der Waals surface area contributed by atoms with Gasteiger partial charge in [0.25, 0.3) is 11.8 Å². The number of aryl methyl sites for hydroxylation is 2. The fourth-order valence-electron chi connectivity index (χ4n) is 2.64. The molecule has 0 radical (unpaired) electrons. The summed E-state index contributed by atoms with van der Waals surface area (Å²) in [5.74, 6) is -3.40. The Balaban J connectivity index is 1.77. The number of anilines is 1. The van der Waals surface area contributed by atoms with Gasteiger partial charge in [0.1, 0.15) is 12.3 Å². The number of hydrogen-bond donors (Lipinski definition) is 2. The van der Waals surface area contributed by atoms with Crippen molar-refractivity contribution in [2.24, 2.45) is 0 Å². The summed E-state index contributed by atoms with van der Waals surface area (Å²) < 4.78 is 27.6. The molecule has 0 saturated heterocycles. The van der Waals surface area contributed by atoms with Crippen molar-refractivity contribution in [1.29, 1.82) is 0 Å².